The van der Waals surface area contributed by atoms with Crippen molar-refractivity contribution in [3.05, 3.63) is 162 Å². The van der Waals surface area contributed by atoms with Gasteiger partial charge in [-0.05, 0) is 74.4 Å². The summed E-state index contributed by atoms with van der Waals surface area (Å²) in [6, 6.07) is 54.3. The predicted octanol–water partition coefficient (Wildman–Crippen LogP) is 15.2. The fourth-order valence-corrected chi connectivity index (χ4v) is 16.2. The summed E-state index contributed by atoms with van der Waals surface area (Å²) in [6.07, 6.45) is 5.72. The fourth-order valence-electron chi connectivity index (χ4n) is 10.8. The number of aromatic nitrogens is 3. The number of phenols is 1. The van der Waals surface area contributed by atoms with Crippen LogP contribution >= 0.6 is 0 Å². The molecule has 1 N–H and O–H groups in total. The number of aromatic hydroxyl groups is 1. The van der Waals surface area contributed by atoms with E-state index < -0.39 is 8.07 Å². The van der Waals surface area contributed by atoms with E-state index in [4.69, 9.17) is 9.97 Å². The molecule has 0 bridgehead atoms. The molecular weight excluding hydrogens is 1000 g/mol. The van der Waals surface area contributed by atoms with E-state index in [1.165, 1.54) is 47.7 Å². The van der Waals surface area contributed by atoms with E-state index in [2.05, 4.69) is 200 Å². The van der Waals surface area contributed by atoms with E-state index in [-0.39, 0.29) is 43.1 Å². The number of para-hydroxylation sites is 1. The van der Waals surface area contributed by atoms with Gasteiger partial charge in [-0.1, -0.05) is 202 Å². The molecule has 4 nitrogen and oxygen atoms in total. The van der Waals surface area contributed by atoms with Gasteiger partial charge in [-0.3, -0.25) is 9.55 Å². The minimum absolute atomic E-state index is 0. The minimum atomic E-state index is -1.70. The summed E-state index contributed by atoms with van der Waals surface area (Å²) in [4.78, 5) is 10.9. The molecule has 1 saturated heterocycles. The number of pyridine rings is 1. The molecule has 0 saturated carbocycles. The maximum Gasteiger partial charge on any atom is 0.148 e. The van der Waals surface area contributed by atoms with Crippen LogP contribution in [0.15, 0.2) is 134 Å². The van der Waals surface area contributed by atoms with E-state index >= 15 is 0 Å². The number of imidazole rings is 1. The first-order chi connectivity index (χ1) is 31.0. The Kier molecular flexibility index (Phi) is 11.8. The molecular formula is C60H62N3OPtSi-. The van der Waals surface area contributed by atoms with Crippen molar-refractivity contribution in [2.45, 2.75) is 116 Å². The van der Waals surface area contributed by atoms with Gasteiger partial charge in [0.1, 0.15) is 11.6 Å². The molecule has 6 aromatic carbocycles. The average molecular weight is 1060 g/mol. The molecule has 0 amide bonds. The molecule has 6 heteroatoms. The zero-order chi connectivity index (χ0) is 45.5. The van der Waals surface area contributed by atoms with Crippen LogP contribution in [0.3, 0.4) is 0 Å². The second-order valence-electron chi connectivity index (χ2n) is 21.9. The van der Waals surface area contributed by atoms with Crippen LogP contribution in [0, 0.1) is 6.07 Å². The van der Waals surface area contributed by atoms with E-state index in [1.807, 2.05) is 6.20 Å². The summed E-state index contributed by atoms with van der Waals surface area (Å²) < 4.78 is 2.33. The van der Waals surface area contributed by atoms with Crippen LogP contribution in [0.25, 0.3) is 72.7 Å². The minimum Gasteiger partial charge on any atom is -0.507 e. The first kappa shape index (κ1) is 45.8. The van der Waals surface area contributed by atoms with E-state index in [1.54, 1.807) is 5.19 Å². The Morgan fingerprint density at radius 3 is 1.94 bits per heavy atom. The van der Waals surface area contributed by atoms with Gasteiger partial charge in [-0.2, -0.15) is 0 Å². The van der Waals surface area contributed by atoms with Crippen molar-refractivity contribution in [1.82, 2.24) is 14.5 Å². The van der Waals surface area contributed by atoms with Gasteiger partial charge in [0.25, 0.3) is 0 Å². The van der Waals surface area contributed by atoms with Crippen molar-refractivity contribution in [2.24, 2.45) is 0 Å². The van der Waals surface area contributed by atoms with Crippen LogP contribution in [0.4, 0.5) is 0 Å². The van der Waals surface area contributed by atoms with Crippen molar-refractivity contribution in [3.8, 4) is 67.5 Å². The van der Waals surface area contributed by atoms with Crippen LogP contribution in [0.1, 0.15) is 97.4 Å². The summed E-state index contributed by atoms with van der Waals surface area (Å²) in [5.41, 5.74) is 16.7. The molecule has 2 aromatic heterocycles. The molecule has 2 aliphatic heterocycles. The van der Waals surface area contributed by atoms with Gasteiger partial charge in [0.15, 0.2) is 0 Å². The molecule has 66 heavy (non-hydrogen) atoms. The molecule has 0 atom stereocenters. The number of hydrogen-bond donors (Lipinski definition) is 1. The number of benzene rings is 6. The third-order valence-corrected chi connectivity index (χ3v) is 19.9. The molecule has 0 radical (unpaired) electrons. The van der Waals surface area contributed by atoms with Crippen LogP contribution in [0.2, 0.25) is 18.1 Å². The van der Waals surface area contributed by atoms with Crippen LogP contribution in [0.5, 0.6) is 5.75 Å². The average Bonchev–Trinajstić information content (AvgIpc) is 4.03. The third-order valence-electron chi connectivity index (χ3n) is 14.5. The summed E-state index contributed by atoms with van der Waals surface area (Å²) in [5.74, 6) is 1.00. The van der Waals surface area contributed by atoms with Crippen molar-refractivity contribution in [3.63, 3.8) is 0 Å². The Hall–Kier alpha value is -5.35. The standard InChI is InChI=1S/C60H62N3OSi.Pt/c1-58(2,3)43-25-26-52(47(36-43)40-21-14-11-15-22-40)63-53-24-18-23-45(55(53)62-57(63)49-37-44(59(4,5)6)38-50(56(49)64)60(7,8)9)42-33-48(46-28-32-65(54(46)35-42)30-16-17-31-65)51-34-41(27-29-61-51)39-19-12-10-13-20-39;/h10-15,18-27,29,34-38,64H,16-17,28,30-32H2,1-9H3;/q-1;. The summed E-state index contributed by atoms with van der Waals surface area (Å²) in [7, 11) is -1.70. The van der Waals surface area contributed by atoms with Gasteiger partial charge in [-0.25, -0.2) is 4.98 Å². The molecule has 1 fully saturated rings. The summed E-state index contributed by atoms with van der Waals surface area (Å²) in [6.45, 7) is 20.1. The largest absolute Gasteiger partial charge is 0.507 e. The second-order valence-corrected chi connectivity index (χ2v) is 26.5. The smallest absolute Gasteiger partial charge is 0.148 e. The molecule has 4 heterocycles. The van der Waals surface area contributed by atoms with E-state index in [0.29, 0.717) is 0 Å². The van der Waals surface area contributed by atoms with Crippen molar-refractivity contribution >= 4 is 24.3 Å². The SMILES string of the molecule is CC(C)(C)c1ccc(-n2c(-c3cc(C(C)(C)C)cc(C(C)(C)C)c3O)nc3c(-c4[c-]c(-c5cc(-c6ccccc6)ccn5)c5c(c4)[Si]4(CCCC4)CC5)cccc32)c(-c2ccccc2)c1.[Pt]. The number of fused-ring (bicyclic) bond motifs is 3. The van der Waals surface area contributed by atoms with Gasteiger partial charge in [0.05, 0.1) is 30.4 Å². The molecule has 338 valence electrons. The topological polar surface area (TPSA) is 50.9 Å². The zero-order valence-corrected chi connectivity index (χ0v) is 43.3. The van der Waals surface area contributed by atoms with Crippen LogP contribution in [-0.4, -0.2) is 27.7 Å². The Bertz CT molecular complexity index is 3110. The number of hydrogen-bond acceptors (Lipinski definition) is 3. The Balaban J connectivity index is 0.00000548. The third kappa shape index (κ3) is 8.15. The molecule has 10 rings (SSSR count). The maximum absolute atomic E-state index is 12.6. The summed E-state index contributed by atoms with van der Waals surface area (Å²) >= 11 is 0. The van der Waals surface area contributed by atoms with Gasteiger partial charge < -0.3 is 5.11 Å². The second kappa shape index (κ2) is 17.1. The van der Waals surface area contributed by atoms with Gasteiger partial charge in [0.2, 0.25) is 0 Å². The molecule has 0 unspecified atom stereocenters. The number of rotatable bonds is 6. The molecule has 8 aromatic rings. The maximum atomic E-state index is 12.6. The van der Waals surface area contributed by atoms with E-state index in [9.17, 15) is 5.11 Å². The molecule has 0 aliphatic carbocycles. The van der Waals surface area contributed by atoms with Crippen LogP contribution in [-0.2, 0) is 43.7 Å². The predicted molar refractivity (Wildman–Crippen MR) is 275 cm³/mol. The normalized spacial score (nSPS) is 14.7. The van der Waals surface area contributed by atoms with E-state index in [0.717, 1.165) is 84.7 Å². The van der Waals surface area contributed by atoms with Crippen molar-refractivity contribution < 1.29 is 26.2 Å². The van der Waals surface area contributed by atoms with Gasteiger partial charge in [-0.15, -0.1) is 28.4 Å². The van der Waals surface area contributed by atoms with Gasteiger partial charge in [0, 0.05) is 44.1 Å². The van der Waals surface area contributed by atoms with Crippen molar-refractivity contribution in [2.75, 3.05) is 0 Å². The fraction of sp³-hybridized carbons (Fsp3) is 0.300. The molecule has 1 spiro atoms. The van der Waals surface area contributed by atoms with Crippen molar-refractivity contribution in [1.29, 1.82) is 0 Å². The Morgan fingerprint density at radius 1 is 0.606 bits per heavy atom. The zero-order valence-electron chi connectivity index (χ0n) is 40.0. The monoisotopic (exact) mass is 1060 g/mol. The Morgan fingerprint density at radius 2 is 1.27 bits per heavy atom. The van der Waals surface area contributed by atoms with Crippen LogP contribution < -0.4 is 5.19 Å². The first-order valence-electron chi connectivity index (χ1n) is 23.7. The quantitative estimate of drug-likeness (QED) is 0.133. The number of phenolic OH excluding ortho intramolecular Hbond substituents is 1. The van der Waals surface area contributed by atoms with Gasteiger partial charge >= 0.3 is 0 Å². The number of nitrogens with zero attached hydrogens (tertiary/aromatic N) is 3. The first-order valence-corrected chi connectivity index (χ1v) is 26.3. The Labute approximate surface area is 407 Å². The summed E-state index contributed by atoms with van der Waals surface area (Å²) in [5, 5.41) is 14.2. The molecule has 2 aliphatic rings.